The van der Waals surface area contributed by atoms with Crippen molar-refractivity contribution in [1.29, 1.82) is 5.26 Å². The normalized spacial score (nSPS) is 17.6. The summed E-state index contributed by atoms with van der Waals surface area (Å²) in [7, 11) is 1.44. The maximum absolute atomic E-state index is 15.1. The van der Waals surface area contributed by atoms with Gasteiger partial charge >= 0.3 is 0 Å². The minimum atomic E-state index is -0.758. The van der Waals surface area contributed by atoms with E-state index < -0.39 is 17.5 Å². The quantitative estimate of drug-likeness (QED) is 0.630. The van der Waals surface area contributed by atoms with Crippen LogP contribution in [0.4, 0.5) is 8.78 Å². The number of hydrogen-bond donors (Lipinski definition) is 2. The Morgan fingerprint density at radius 1 is 1.29 bits per heavy atom. The van der Waals surface area contributed by atoms with E-state index in [4.69, 9.17) is 15.2 Å². The van der Waals surface area contributed by atoms with E-state index in [-0.39, 0.29) is 40.8 Å². The highest BCUT2D eigenvalue weighted by Crippen LogP contribution is 2.31. The Morgan fingerprint density at radius 2 is 2.09 bits per heavy atom. The summed E-state index contributed by atoms with van der Waals surface area (Å²) >= 11 is 0. The zero-order valence-electron chi connectivity index (χ0n) is 18.4. The number of ether oxygens (including phenoxy) is 2. The number of nitrogens with two attached hydrogens (primary N) is 1. The van der Waals surface area contributed by atoms with Crippen molar-refractivity contribution >= 4 is 11.6 Å². The number of methoxy groups -OCH3 is 1. The van der Waals surface area contributed by atoms with Crippen molar-refractivity contribution < 1.29 is 23.0 Å². The van der Waals surface area contributed by atoms with Gasteiger partial charge in [0.2, 0.25) is 0 Å². The van der Waals surface area contributed by atoms with E-state index in [9.17, 15) is 14.4 Å². The van der Waals surface area contributed by atoms with Crippen LogP contribution < -0.4 is 15.8 Å². The Labute approximate surface area is 195 Å². The first kappa shape index (κ1) is 23.1. The fourth-order valence-electron chi connectivity index (χ4n) is 3.88. The van der Waals surface area contributed by atoms with Crippen LogP contribution >= 0.6 is 0 Å². The van der Waals surface area contributed by atoms with Crippen LogP contribution in [0.1, 0.15) is 27.9 Å². The van der Waals surface area contributed by atoms with E-state index in [1.54, 1.807) is 41.6 Å². The number of nitrogens with zero attached hydrogens (tertiary/aromatic N) is 3. The fourth-order valence-corrected chi connectivity index (χ4v) is 3.88. The van der Waals surface area contributed by atoms with Crippen molar-refractivity contribution in [2.45, 2.75) is 19.0 Å². The van der Waals surface area contributed by atoms with Gasteiger partial charge in [-0.1, -0.05) is 12.1 Å². The Hall–Kier alpha value is -4.10. The van der Waals surface area contributed by atoms with Crippen LogP contribution in [0.2, 0.25) is 0 Å². The zero-order valence-corrected chi connectivity index (χ0v) is 18.4. The fraction of sp³-hybridized carbons (Fsp3) is 0.250. The molecule has 1 fully saturated rings. The minimum absolute atomic E-state index is 0.0215. The molecule has 1 saturated heterocycles. The highest BCUT2D eigenvalue weighted by Gasteiger charge is 2.29. The number of carbonyl (C=O) groups excluding carboxylic acids is 1. The van der Waals surface area contributed by atoms with Gasteiger partial charge in [0.15, 0.2) is 6.19 Å². The Bertz CT molecular complexity index is 1200. The van der Waals surface area contributed by atoms with Gasteiger partial charge < -0.3 is 25.4 Å². The summed E-state index contributed by atoms with van der Waals surface area (Å²) in [6.07, 6.45) is 5.76. The van der Waals surface area contributed by atoms with Crippen LogP contribution in [0.3, 0.4) is 0 Å². The number of rotatable bonds is 6. The first-order valence-corrected chi connectivity index (χ1v) is 10.6. The lowest BCUT2D eigenvalue weighted by Crippen LogP contribution is -2.35. The van der Waals surface area contributed by atoms with E-state index in [0.717, 1.165) is 23.5 Å². The molecule has 10 heteroatoms. The first-order valence-electron chi connectivity index (χ1n) is 10.6. The Balaban J connectivity index is 1.58. The molecule has 2 heterocycles. The summed E-state index contributed by atoms with van der Waals surface area (Å²) in [5, 5.41) is 12.1. The number of benzene rings is 2. The molecule has 176 valence electrons. The molecule has 1 amide bonds. The number of carbonyl (C=O) groups is 1. The summed E-state index contributed by atoms with van der Waals surface area (Å²) < 4.78 is 40.7. The monoisotopic (exact) mass is 467 g/mol. The van der Waals surface area contributed by atoms with Crippen molar-refractivity contribution in [2.24, 2.45) is 5.73 Å². The second-order valence-electron chi connectivity index (χ2n) is 7.77. The van der Waals surface area contributed by atoms with E-state index in [0.29, 0.717) is 19.0 Å². The van der Waals surface area contributed by atoms with Gasteiger partial charge in [-0.05, 0) is 30.7 Å². The zero-order chi connectivity index (χ0) is 24.2. The molecule has 0 aliphatic carbocycles. The molecule has 3 N–H and O–H groups in total. The summed E-state index contributed by atoms with van der Waals surface area (Å²) in [6, 6.07) is 8.57. The van der Waals surface area contributed by atoms with Gasteiger partial charge in [-0.2, -0.15) is 5.26 Å². The Kier molecular flexibility index (Phi) is 6.65. The van der Waals surface area contributed by atoms with Gasteiger partial charge in [-0.15, -0.1) is 0 Å². The molecule has 0 radical (unpaired) electrons. The average molecular weight is 467 g/mol. The molecule has 4 rings (SSSR count). The SMILES string of the molecule is COc1ccccc1C(=O)NCc1cc(F)c(C2=CN(C3CCOC3)C=C(N)N2C#N)cc1F. The van der Waals surface area contributed by atoms with Crippen LogP contribution in [-0.4, -0.2) is 42.1 Å². The number of para-hydroxylation sites is 1. The number of nitrogens with one attached hydrogen (secondary N) is 1. The van der Waals surface area contributed by atoms with Crippen LogP contribution in [0.5, 0.6) is 5.75 Å². The van der Waals surface area contributed by atoms with Crippen LogP contribution in [0.15, 0.2) is 54.6 Å². The van der Waals surface area contributed by atoms with Crippen molar-refractivity contribution in [2.75, 3.05) is 20.3 Å². The number of hydrogen-bond acceptors (Lipinski definition) is 7. The lowest BCUT2D eigenvalue weighted by Gasteiger charge is -2.32. The van der Waals surface area contributed by atoms with E-state index in [2.05, 4.69) is 5.32 Å². The molecule has 0 saturated carbocycles. The average Bonchev–Trinajstić information content (AvgIpc) is 3.38. The van der Waals surface area contributed by atoms with Crippen molar-refractivity contribution in [3.8, 4) is 11.9 Å². The molecule has 0 aromatic heterocycles. The molecular weight excluding hydrogens is 444 g/mol. The molecule has 8 nitrogen and oxygen atoms in total. The summed E-state index contributed by atoms with van der Waals surface area (Å²) in [6.45, 7) is 0.800. The number of amides is 1. The number of nitriles is 1. The summed E-state index contributed by atoms with van der Waals surface area (Å²) in [4.78, 5) is 15.3. The van der Waals surface area contributed by atoms with Crippen LogP contribution in [-0.2, 0) is 11.3 Å². The molecule has 1 atom stereocenters. The molecule has 2 aliphatic rings. The molecule has 0 spiro atoms. The first-order chi connectivity index (χ1) is 16.4. The maximum Gasteiger partial charge on any atom is 0.255 e. The second kappa shape index (κ2) is 9.80. The third kappa shape index (κ3) is 4.51. The summed E-state index contributed by atoms with van der Waals surface area (Å²) in [5.41, 5.74) is 6.23. The van der Waals surface area contributed by atoms with Gasteiger partial charge in [0.25, 0.3) is 5.91 Å². The molecule has 34 heavy (non-hydrogen) atoms. The van der Waals surface area contributed by atoms with Gasteiger partial charge in [0.1, 0.15) is 23.2 Å². The third-order valence-corrected chi connectivity index (χ3v) is 5.68. The van der Waals surface area contributed by atoms with E-state index in [1.807, 2.05) is 6.19 Å². The van der Waals surface area contributed by atoms with Gasteiger partial charge in [0, 0.05) is 36.7 Å². The van der Waals surface area contributed by atoms with E-state index in [1.165, 1.54) is 7.11 Å². The lowest BCUT2D eigenvalue weighted by molar-refractivity contribution is 0.0947. The molecule has 2 aliphatic heterocycles. The predicted octanol–water partition coefficient (Wildman–Crippen LogP) is 2.85. The maximum atomic E-state index is 15.1. The molecule has 1 unspecified atom stereocenters. The summed E-state index contributed by atoms with van der Waals surface area (Å²) in [5.74, 6) is -1.53. The van der Waals surface area contributed by atoms with Crippen molar-refractivity contribution in [3.05, 3.63) is 82.9 Å². The lowest BCUT2D eigenvalue weighted by atomic mass is 10.0. The van der Waals surface area contributed by atoms with Crippen LogP contribution in [0, 0.1) is 23.1 Å². The van der Waals surface area contributed by atoms with Gasteiger partial charge in [-0.25, -0.2) is 13.7 Å². The number of halogens is 2. The highest BCUT2D eigenvalue weighted by molar-refractivity contribution is 5.96. The third-order valence-electron chi connectivity index (χ3n) is 5.68. The molecule has 2 aromatic rings. The largest absolute Gasteiger partial charge is 0.496 e. The van der Waals surface area contributed by atoms with E-state index >= 15 is 4.39 Å². The molecule has 0 bridgehead atoms. The minimum Gasteiger partial charge on any atom is -0.496 e. The standard InChI is InChI=1S/C24H23F2N5O3/c1-33-22-5-3-2-4-17(22)24(32)29-10-15-8-20(26)18(9-19(15)25)21-11-30(16-6-7-34-13-16)12-23(28)31(21)14-27/h2-5,8-9,11-12,16H,6-7,10,13,28H2,1H3,(H,29,32). The van der Waals surface area contributed by atoms with Gasteiger partial charge in [-0.3, -0.25) is 4.79 Å². The highest BCUT2D eigenvalue weighted by atomic mass is 19.1. The Morgan fingerprint density at radius 3 is 2.79 bits per heavy atom. The smallest absolute Gasteiger partial charge is 0.255 e. The second-order valence-corrected chi connectivity index (χ2v) is 7.77. The van der Waals surface area contributed by atoms with Crippen molar-refractivity contribution in [1.82, 2.24) is 15.1 Å². The topological polar surface area (TPSA) is 104 Å². The molecule has 2 aromatic carbocycles. The van der Waals surface area contributed by atoms with Crippen molar-refractivity contribution in [3.63, 3.8) is 0 Å². The van der Waals surface area contributed by atoms with Crippen LogP contribution in [0.25, 0.3) is 5.70 Å². The van der Waals surface area contributed by atoms with Gasteiger partial charge in [0.05, 0.1) is 31.0 Å². The predicted molar refractivity (Wildman–Crippen MR) is 119 cm³/mol. The molecular formula is C24H23F2N5O3.